The summed E-state index contributed by atoms with van der Waals surface area (Å²) >= 11 is 0. The molecular formula is C28H34N6O. The third-order valence-electron chi connectivity index (χ3n) is 6.81. The number of nitrogens with zero attached hydrogens (tertiary/aromatic N) is 6. The number of aromatic nitrogens is 5. The monoisotopic (exact) mass is 470 g/mol. The van der Waals surface area contributed by atoms with Crippen molar-refractivity contribution in [2.24, 2.45) is 0 Å². The molecular weight excluding hydrogens is 436 g/mol. The fraction of sp³-hybridized carbons (Fsp3) is 0.393. The highest BCUT2D eigenvalue weighted by Crippen LogP contribution is 2.29. The molecule has 0 N–H and O–H groups in total. The summed E-state index contributed by atoms with van der Waals surface area (Å²) in [4.78, 5) is 16.8. The van der Waals surface area contributed by atoms with Gasteiger partial charge in [-0.1, -0.05) is 26.5 Å². The molecule has 0 bridgehead atoms. The molecule has 35 heavy (non-hydrogen) atoms. The zero-order valence-corrected chi connectivity index (χ0v) is 20.9. The van der Waals surface area contributed by atoms with Gasteiger partial charge in [0.2, 0.25) is 0 Å². The molecule has 7 heteroatoms. The second kappa shape index (κ2) is 10.1. The van der Waals surface area contributed by atoms with Gasteiger partial charge in [-0.3, -0.25) is 14.9 Å². The highest BCUT2D eigenvalue weighted by Gasteiger charge is 2.18. The van der Waals surface area contributed by atoms with Crippen LogP contribution < -0.4 is 0 Å². The predicted octanol–water partition coefficient (Wildman–Crippen LogP) is 5.22. The Kier molecular flexibility index (Phi) is 6.79. The van der Waals surface area contributed by atoms with Crippen LogP contribution >= 0.6 is 0 Å². The van der Waals surface area contributed by atoms with E-state index in [1.54, 1.807) is 0 Å². The summed E-state index contributed by atoms with van der Waals surface area (Å²) in [5, 5.41) is 0. The van der Waals surface area contributed by atoms with E-state index in [1.165, 1.54) is 0 Å². The van der Waals surface area contributed by atoms with E-state index in [2.05, 4.69) is 77.0 Å². The number of rotatable bonds is 8. The quantitative estimate of drug-likeness (QED) is 0.353. The molecule has 4 aromatic heterocycles. The number of morpholine rings is 1. The van der Waals surface area contributed by atoms with Crippen molar-refractivity contribution >= 4 is 16.7 Å². The second-order valence-electron chi connectivity index (χ2n) is 9.56. The van der Waals surface area contributed by atoms with Gasteiger partial charge in [0.05, 0.1) is 41.7 Å². The minimum absolute atomic E-state index is 0.106. The summed E-state index contributed by atoms with van der Waals surface area (Å²) in [5.74, 6) is 1.32. The van der Waals surface area contributed by atoms with Gasteiger partial charge >= 0.3 is 0 Å². The van der Waals surface area contributed by atoms with Gasteiger partial charge in [0.15, 0.2) is 0 Å². The van der Waals surface area contributed by atoms with Crippen LogP contribution in [0.25, 0.3) is 28.0 Å². The maximum Gasteiger partial charge on any atom is 0.116 e. The van der Waals surface area contributed by atoms with Crippen LogP contribution in [0.3, 0.4) is 0 Å². The average molecular weight is 471 g/mol. The summed E-state index contributed by atoms with van der Waals surface area (Å²) in [7, 11) is 0. The molecule has 0 amide bonds. The Labute approximate surface area is 207 Å². The molecule has 1 atom stereocenters. The van der Waals surface area contributed by atoms with E-state index in [0.29, 0.717) is 0 Å². The van der Waals surface area contributed by atoms with Crippen LogP contribution in [0.1, 0.15) is 50.7 Å². The van der Waals surface area contributed by atoms with Crippen LogP contribution in [-0.4, -0.2) is 61.8 Å². The molecule has 1 fully saturated rings. The fourth-order valence-corrected chi connectivity index (χ4v) is 4.70. The predicted molar refractivity (Wildman–Crippen MR) is 140 cm³/mol. The number of pyridine rings is 2. The van der Waals surface area contributed by atoms with Gasteiger partial charge in [-0.2, -0.15) is 0 Å². The van der Waals surface area contributed by atoms with Crippen molar-refractivity contribution in [1.29, 1.82) is 0 Å². The Morgan fingerprint density at radius 1 is 1.11 bits per heavy atom. The molecule has 182 valence electrons. The molecule has 0 aromatic carbocycles. The number of hydrogen-bond donors (Lipinski definition) is 0. The van der Waals surface area contributed by atoms with Gasteiger partial charge in [-0.25, -0.2) is 4.98 Å². The number of hydrogen-bond acceptors (Lipinski definition) is 5. The van der Waals surface area contributed by atoms with Crippen molar-refractivity contribution in [3.05, 3.63) is 73.2 Å². The average Bonchev–Trinajstić information content (AvgIpc) is 3.53. The maximum absolute atomic E-state index is 5.48. The molecule has 7 nitrogen and oxygen atoms in total. The lowest BCUT2D eigenvalue weighted by atomic mass is 10.2. The van der Waals surface area contributed by atoms with Crippen molar-refractivity contribution in [2.75, 3.05) is 32.8 Å². The van der Waals surface area contributed by atoms with Crippen molar-refractivity contribution in [3.8, 4) is 11.3 Å². The summed E-state index contributed by atoms with van der Waals surface area (Å²) in [5.41, 5.74) is 6.07. The first-order valence-electron chi connectivity index (χ1n) is 12.5. The Hall–Kier alpha value is -3.29. The van der Waals surface area contributed by atoms with Gasteiger partial charge < -0.3 is 13.9 Å². The Morgan fingerprint density at radius 2 is 1.94 bits per heavy atom. The summed E-state index contributed by atoms with van der Waals surface area (Å²) < 4.78 is 9.89. The van der Waals surface area contributed by atoms with Gasteiger partial charge in [0.1, 0.15) is 5.82 Å². The van der Waals surface area contributed by atoms with E-state index in [4.69, 9.17) is 14.7 Å². The zero-order valence-electron chi connectivity index (χ0n) is 20.9. The lowest BCUT2D eigenvalue weighted by Crippen LogP contribution is -2.37. The van der Waals surface area contributed by atoms with E-state index in [9.17, 15) is 0 Å². The molecule has 0 aliphatic carbocycles. The SMILES string of the molecule is C=C(CCN1CCOCC1)n1cc(-c2cnc3ccn(C(C)c4ccccn4)c3c2)nc1C(C)C. The summed E-state index contributed by atoms with van der Waals surface area (Å²) in [6.45, 7) is 15.5. The summed E-state index contributed by atoms with van der Waals surface area (Å²) in [6.07, 6.45) is 8.87. The minimum atomic E-state index is 0.106. The second-order valence-corrected chi connectivity index (χ2v) is 9.56. The van der Waals surface area contributed by atoms with Crippen LogP contribution in [0.2, 0.25) is 0 Å². The van der Waals surface area contributed by atoms with Crippen LogP contribution in [0.4, 0.5) is 0 Å². The van der Waals surface area contributed by atoms with Crippen molar-refractivity contribution in [3.63, 3.8) is 0 Å². The van der Waals surface area contributed by atoms with E-state index in [-0.39, 0.29) is 12.0 Å². The third kappa shape index (κ3) is 4.92. The van der Waals surface area contributed by atoms with Crippen LogP contribution in [0, 0.1) is 0 Å². The fourth-order valence-electron chi connectivity index (χ4n) is 4.70. The molecule has 0 radical (unpaired) electrons. The van der Waals surface area contributed by atoms with Crippen LogP contribution in [0.5, 0.6) is 0 Å². The zero-order chi connectivity index (χ0) is 24.4. The topological polar surface area (TPSA) is 61.0 Å². The Bertz CT molecular complexity index is 1300. The highest BCUT2D eigenvalue weighted by molar-refractivity contribution is 5.81. The van der Waals surface area contributed by atoms with Gasteiger partial charge in [-0.05, 0) is 31.2 Å². The molecule has 5 heterocycles. The van der Waals surface area contributed by atoms with E-state index >= 15 is 0 Å². The molecule has 0 saturated carbocycles. The molecule has 1 unspecified atom stereocenters. The number of ether oxygens (including phenoxy) is 1. The van der Waals surface area contributed by atoms with Gasteiger partial charge in [0.25, 0.3) is 0 Å². The van der Waals surface area contributed by atoms with E-state index in [1.807, 2.05) is 24.5 Å². The first-order chi connectivity index (χ1) is 17.0. The third-order valence-corrected chi connectivity index (χ3v) is 6.81. The van der Waals surface area contributed by atoms with E-state index < -0.39 is 0 Å². The molecule has 1 aliphatic rings. The number of imidazole rings is 1. The molecule has 1 saturated heterocycles. The van der Waals surface area contributed by atoms with Crippen LogP contribution in [0.15, 0.2) is 61.7 Å². The smallest absolute Gasteiger partial charge is 0.116 e. The Balaban J connectivity index is 1.43. The standard InChI is InChI=1S/C28H34N6O/c1-20(2)28-31-26(19-34(28)21(3)8-11-32-13-15-35-16-14-32)23-17-27-25(30-18-23)9-12-33(27)22(4)24-7-5-6-10-29-24/h5-7,9-10,12,17-20,22H,3,8,11,13-16H2,1-2,4H3. The largest absolute Gasteiger partial charge is 0.379 e. The van der Waals surface area contributed by atoms with Crippen molar-refractivity contribution < 1.29 is 4.74 Å². The van der Waals surface area contributed by atoms with Gasteiger partial charge in [0, 0.05) is 68.0 Å². The first kappa shape index (κ1) is 23.5. The molecule has 4 aromatic rings. The molecule has 1 aliphatic heterocycles. The van der Waals surface area contributed by atoms with Gasteiger partial charge in [-0.15, -0.1) is 0 Å². The Morgan fingerprint density at radius 3 is 2.69 bits per heavy atom. The highest BCUT2D eigenvalue weighted by atomic mass is 16.5. The van der Waals surface area contributed by atoms with Crippen molar-refractivity contribution in [1.82, 2.24) is 29.0 Å². The normalized spacial score (nSPS) is 15.7. The first-order valence-corrected chi connectivity index (χ1v) is 12.5. The van der Waals surface area contributed by atoms with Crippen molar-refractivity contribution in [2.45, 2.75) is 39.2 Å². The minimum Gasteiger partial charge on any atom is -0.379 e. The molecule has 0 spiro atoms. The van der Waals surface area contributed by atoms with E-state index in [0.717, 1.165) is 78.8 Å². The van der Waals surface area contributed by atoms with Crippen LogP contribution in [-0.2, 0) is 4.74 Å². The lowest BCUT2D eigenvalue weighted by molar-refractivity contribution is 0.0388. The molecule has 5 rings (SSSR count). The maximum atomic E-state index is 5.48. The number of fused-ring (bicyclic) bond motifs is 1. The lowest BCUT2D eigenvalue weighted by Gasteiger charge is -2.27. The summed E-state index contributed by atoms with van der Waals surface area (Å²) in [6, 6.07) is 10.4.